The Labute approximate surface area is 143 Å². The molecule has 2 N–H and O–H groups in total. The van der Waals surface area contributed by atoms with Crippen LogP contribution in [-0.2, 0) is 6.42 Å². The molecule has 0 unspecified atom stereocenters. The molecular weight excluding hydrogens is 333 g/mol. The number of anilines is 1. The molecule has 6 nitrogen and oxygen atoms in total. The summed E-state index contributed by atoms with van der Waals surface area (Å²) in [6.07, 6.45) is 0.680. The summed E-state index contributed by atoms with van der Waals surface area (Å²) in [5.41, 5.74) is 1.45. The molecule has 0 spiro atoms. The van der Waals surface area contributed by atoms with Crippen LogP contribution < -0.4 is 15.4 Å². The number of nitro benzene ring substituents is 1. The zero-order valence-electron chi connectivity index (χ0n) is 12.9. The maximum atomic E-state index is 12.8. The highest BCUT2D eigenvalue weighted by Crippen LogP contribution is 2.28. The van der Waals surface area contributed by atoms with Gasteiger partial charge in [0.1, 0.15) is 11.6 Å². The highest BCUT2D eigenvalue weighted by molar-refractivity contribution is 7.80. The third kappa shape index (κ3) is 4.88. The number of hydrogen-bond donors (Lipinski definition) is 2. The minimum absolute atomic E-state index is 0.0624. The average Bonchev–Trinajstić information content (AvgIpc) is 2.56. The number of nitro groups is 1. The Kier molecular flexibility index (Phi) is 6.02. The van der Waals surface area contributed by atoms with E-state index in [9.17, 15) is 14.5 Å². The molecule has 0 aliphatic carbocycles. The first-order valence-corrected chi connectivity index (χ1v) is 7.52. The van der Waals surface area contributed by atoms with Crippen molar-refractivity contribution in [3.8, 4) is 5.75 Å². The number of nitrogens with zero attached hydrogens (tertiary/aromatic N) is 1. The Bertz CT molecular complexity index is 738. The van der Waals surface area contributed by atoms with Crippen LogP contribution in [0, 0.1) is 15.9 Å². The number of methoxy groups -OCH3 is 1. The molecule has 0 fully saturated rings. The average molecular weight is 349 g/mol. The molecule has 0 aliphatic rings. The lowest BCUT2D eigenvalue weighted by molar-refractivity contribution is -0.384. The first-order valence-electron chi connectivity index (χ1n) is 7.11. The molecule has 126 valence electrons. The summed E-state index contributed by atoms with van der Waals surface area (Å²) in [5, 5.41) is 17.1. The van der Waals surface area contributed by atoms with Crippen LogP contribution in [0.1, 0.15) is 5.56 Å². The molecular formula is C16H16FN3O3S. The Balaban J connectivity index is 1.90. The van der Waals surface area contributed by atoms with E-state index in [0.717, 1.165) is 5.56 Å². The van der Waals surface area contributed by atoms with Gasteiger partial charge in [-0.1, -0.05) is 12.1 Å². The van der Waals surface area contributed by atoms with E-state index in [1.807, 2.05) is 0 Å². The predicted octanol–water partition coefficient (Wildman–Crippen LogP) is 3.27. The largest absolute Gasteiger partial charge is 0.494 e. The molecule has 0 amide bonds. The van der Waals surface area contributed by atoms with Gasteiger partial charge in [-0.2, -0.15) is 0 Å². The first-order chi connectivity index (χ1) is 11.5. The second-order valence-electron chi connectivity index (χ2n) is 4.90. The standard InChI is InChI=1S/C16H16FN3O3S/c1-23-15-10-13(20(21)22)6-7-14(15)19-16(24)18-9-8-11-2-4-12(17)5-3-11/h2-7,10H,8-9H2,1H3,(H2,18,19,24). The van der Waals surface area contributed by atoms with Gasteiger partial charge in [0.2, 0.25) is 0 Å². The van der Waals surface area contributed by atoms with E-state index in [1.165, 1.54) is 37.4 Å². The van der Waals surface area contributed by atoms with Crippen molar-refractivity contribution in [3.63, 3.8) is 0 Å². The fourth-order valence-corrected chi connectivity index (χ4v) is 2.25. The number of rotatable bonds is 6. The molecule has 0 saturated carbocycles. The zero-order valence-corrected chi connectivity index (χ0v) is 13.7. The summed E-state index contributed by atoms with van der Waals surface area (Å²) in [4.78, 5) is 10.3. The van der Waals surface area contributed by atoms with Crippen molar-refractivity contribution in [3.05, 3.63) is 64.0 Å². The van der Waals surface area contributed by atoms with Crippen molar-refractivity contribution < 1.29 is 14.1 Å². The molecule has 0 saturated heterocycles. The van der Waals surface area contributed by atoms with Crippen molar-refractivity contribution in [1.82, 2.24) is 5.32 Å². The number of thiocarbonyl (C=S) groups is 1. The quantitative estimate of drug-likeness (QED) is 0.474. The summed E-state index contributed by atoms with van der Waals surface area (Å²) in [6, 6.07) is 10.5. The van der Waals surface area contributed by atoms with E-state index in [-0.39, 0.29) is 11.5 Å². The number of nitrogens with one attached hydrogen (secondary N) is 2. The SMILES string of the molecule is COc1cc([N+](=O)[O-])ccc1NC(=S)NCCc1ccc(F)cc1. The van der Waals surface area contributed by atoms with Crippen molar-refractivity contribution in [1.29, 1.82) is 0 Å². The van der Waals surface area contributed by atoms with Crippen LogP contribution in [0.15, 0.2) is 42.5 Å². The minimum atomic E-state index is -0.494. The fourth-order valence-electron chi connectivity index (χ4n) is 2.03. The topological polar surface area (TPSA) is 76.4 Å². The fraction of sp³-hybridized carbons (Fsp3) is 0.188. The Hall–Kier alpha value is -2.74. The van der Waals surface area contributed by atoms with Gasteiger partial charge < -0.3 is 15.4 Å². The van der Waals surface area contributed by atoms with Gasteiger partial charge in [0.05, 0.1) is 23.8 Å². The third-order valence-corrected chi connectivity index (χ3v) is 3.50. The minimum Gasteiger partial charge on any atom is -0.494 e. The summed E-state index contributed by atoms with van der Waals surface area (Å²) < 4.78 is 18.0. The van der Waals surface area contributed by atoms with Gasteiger partial charge in [-0.15, -0.1) is 0 Å². The Morgan fingerprint density at radius 3 is 2.62 bits per heavy atom. The predicted molar refractivity (Wildman–Crippen MR) is 94.0 cm³/mol. The molecule has 24 heavy (non-hydrogen) atoms. The van der Waals surface area contributed by atoms with Gasteiger partial charge in [-0.25, -0.2) is 4.39 Å². The highest BCUT2D eigenvalue weighted by Gasteiger charge is 2.12. The van der Waals surface area contributed by atoms with Crippen LogP contribution in [0.5, 0.6) is 5.75 Å². The number of ether oxygens (including phenoxy) is 1. The summed E-state index contributed by atoms with van der Waals surface area (Å²) >= 11 is 5.19. The summed E-state index contributed by atoms with van der Waals surface area (Å²) in [6.45, 7) is 0.562. The number of non-ortho nitro benzene ring substituents is 1. The van der Waals surface area contributed by atoms with Crippen molar-refractivity contribution in [2.24, 2.45) is 0 Å². The van der Waals surface area contributed by atoms with Crippen LogP contribution in [0.3, 0.4) is 0 Å². The number of hydrogen-bond acceptors (Lipinski definition) is 4. The maximum absolute atomic E-state index is 12.8. The first kappa shape index (κ1) is 17.6. The molecule has 2 rings (SSSR count). The molecule has 2 aromatic carbocycles. The Morgan fingerprint density at radius 1 is 1.29 bits per heavy atom. The third-order valence-electron chi connectivity index (χ3n) is 3.26. The van der Waals surface area contributed by atoms with E-state index in [0.29, 0.717) is 29.5 Å². The Morgan fingerprint density at radius 2 is 2.00 bits per heavy atom. The molecule has 2 aromatic rings. The monoisotopic (exact) mass is 349 g/mol. The highest BCUT2D eigenvalue weighted by atomic mass is 32.1. The summed E-state index contributed by atoms with van der Waals surface area (Å²) in [7, 11) is 1.43. The van der Waals surface area contributed by atoms with Gasteiger partial charge >= 0.3 is 0 Å². The van der Waals surface area contributed by atoms with Crippen molar-refractivity contribution >= 4 is 28.7 Å². The lowest BCUT2D eigenvalue weighted by Gasteiger charge is -2.13. The number of benzene rings is 2. The van der Waals surface area contributed by atoms with Crippen molar-refractivity contribution in [2.75, 3.05) is 19.0 Å². The van der Waals surface area contributed by atoms with Gasteiger partial charge in [-0.05, 0) is 42.4 Å². The number of halogens is 1. The van der Waals surface area contributed by atoms with Crippen LogP contribution in [-0.4, -0.2) is 23.7 Å². The van der Waals surface area contributed by atoms with Gasteiger partial charge in [0, 0.05) is 12.6 Å². The molecule has 0 heterocycles. The second kappa shape index (κ2) is 8.21. The molecule has 0 aliphatic heterocycles. The molecule has 0 aromatic heterocycles. The van der Waals surface area contributed by atoms with E-state index in [4.69, 9.17) is 17.0 Å². The maximum Gasteiger partial charge on any atom is 0.273 e. The van der Waals surface area contributed by atoms with Gasteiger partial charge in [0.25, 0.3) is 5.69 Å². The lowest BCUT2D eigenvalue weighted by atomic mass is 10.1. The van der Waals surface area contributed by atoms with E-state index >= 15 is 0 Å². The lowest BCUT2D eigenvalue weighted by Crippen LogP contribution is -2.30. The van der Waals surface area contributed by atoms with Crippen LogP contribution in [0.25, 0.3) is 0 Å². The van der Waals surface area contributed by atoms with Crippen LogP contribution in [0.4, 0.5) is 15.8 Å². The zero-order chi connectivity index (χ0) is 17.5. The van der Waals surface area contributed by atoms with E-state index in [1.54, 1.807) is 12.1 Å². The van der Waals surface area contributed by atoms with E-state index in [2.05, 4.69) is 10.6 Å². The molecule has 0 bridgehead atoms. The van der Waals surface area contributed by atoms with Gasteiger partial charge in [0.15, 0.2) is 5.11 Å². The molecule has 0 radical (unpaired) electrons. The second-order valence-corrected chi connectivity index (χ2v) is 5.31. The summed E-state index contributed by atoms with van der Waals surface area (Å²) in [5.74, 6) is 0.0565. The van der Waals surface area contributed by atoms with E-state index < -0.39 is 4.92 Å². The van der Waals surface area contributed by atoms with Crippen molar-refractivity contribution in [2.45, 2.75) is 6.42 Å². The molecule has 8 heteroatoms. The van der Waals surface area contributed by atoms with Crippen LogP contribution in [0.2, 0.25) is 0 Å². The smallest absolute Gasteiger partial charge is 0.273 e. The molecule has 0 atom stereocenters. The van der Waals surface area contributed by atoms with Crippen LogP contribution >= 0.6 is 12.2 Å². The van der Waals surface area contributed by atoms with Gasteiger partial charge in [-0.3, -0.25) is 10.1 Å². The normalized spacial score (nSPS) is 10.1.